The SMILES string of the molecule is CC(C)C1CCN(CCC(C)(C)C(N)=S)CC1. The van der Waals surface area contributed by atoms with Crippen molar-refractivity contribution < 1.29 is 0 Å². The van der Waals surface area contributed by atoms with E-state index in [1.54, 1.807) is 0 Å². The molecule has 2 N–H and O–H groups in total. The first-order chi connectivity index (χ1) is 7.83. The Kier molecular flexibility index (Phi) is 5.39. The van der Waals surface area contributed by atoms with E-state index in [1.807, 2.05) is 0 Å². The van der Waals surface area contributed by atoms with E-state index in [0.29, 0.717) is 4.99 Å². The summed E-state index contributed by atoms with van der Waals surface area (Å²) in [6, 6.07) is 0. The third kappa shape index (κ3) is 4.55. The lowest BCUT2D eigenvalue weighted by molar-refractivity contribution is 0.148. The Balaban J connectivity index is 2.29. The summed E-state index contributed by atoms with van der Waals surface area (Å²) in [5.74, 6) is 1.76. The van der Waals surface area contributed by atoms with Gasteiger partial charge in [-0.05, 0) is 50.7 Å². The zero-order valence-electron chi connectivity index (χ0n) is 11.8. The van der Waals surface area contributed by atoms with E-state index in [9.17, 15) is 0 Å². The molecular formula is C14H28N2S. The maximum Gasteiger partial charge on any atom is 0.0784 e. The van der Waals surface area contributed by atoms with Crippen LogP contribution in [0.4, 0.5) is 0 Å². The molecule has 0 saturated carbocycles. The monoisotopic (exact) mass is 256 g/mol. The van der Waals surface area contributed by atoms with E-state index >= 15 is 0 Å². The molecular weight excluding hydrogens is 228 g/mol. The molecule has 0 bridgehead atoms. The van der Waals surface area contributed by atoms with Crippen LogP contribution in [0.2, 0.25) is 0 Å². The van der Waals surface area contributed by atoms with E-state index in [0.717, 1.165) is 24.8 Å². The second-order valence-corrected chi connectivity index (χ2v) is 6.86. The number of thiocarbonyl (C=S) groups is 1. The van der Waals surface area contributed by atoms with E-state index in [4.69, 9.17) is 18.0 Å². The summed E-state index contributed by atoms with van der Waals surface area (Å²) in [4.78, 5) is 3.22. The summed E-state index contributed by atoms with van der Waals surface area (Å²) in [6.07, 6.45) is 3.78. The average molecular weight is 256 g/mol. The second kappa shape index (κ2) is 6.14. The van der Waals surface area contributed by atoms with Crippen LogP contribution in [-0.4, -0.2) is 29.5 Å². The molecule has 3 heteroatoms. The first-order valence-electron chi connectivity index (χ1n) is 6.85. The maximum absolute atomic E-state index is 5.76. The number of piperidine rings is 1. The third-order valence-electron chi connectivity index (χ3n) is 4.30. The molecule has 0 spiro atoms. The molecule has 1 saturated heterocycles. The van der Waals surface area contributed by atoms with E-state index < -0.39 is 0 Å². The Hall–Kier alpha value is -0.150. The van der Waals surface area contributed by atoms with Gasteiger partial charge in [0.05, 0.1) is 4.99 Å². The molecule has 2 nitrogen and oxygen atoms in total. The summed E-state index contributed by atoms with van der Waals surface area (Å²) in [7, 11) is 0. The number of hydrogen-bond donors (Lipinski definition) is 1. The Morgan fingerprint density at radius 1 is 1.35 bits per heavy atom. The summed E-state index contributed by atoms with van der Waals surface area (Å²) in [5, 5.41) is 0. The molecule has 100 valence electrons. The molecule has 1 fully saturated rings. The first-order valence-corrected chi connectivity index (χ1v) is 7.26. The van der Waals surface area contributed by atoms with E-state index in [-0.39, 0.29) is 5.41 Å². The fourth-order valence-electron chi connectivity index (χ4n) is 2.40. The van der Waals surface area contributed by atoms with Crippen LogP contribution in [0.5, 0.6) is 0 Å². The highest BCUT2D eigenvalue weighted by Gasteiger charge is 2.25. The van der Waals surface area contributed by atoms with E-state index in [1.165, 1.54) is 25.9 Å². The number of nitrogens with two attached hydrogens (primary N) is 1. The smallest absolute Gasteiger partial charge is 0.0784 e. The van der Waals surface area contributed by atoms with Crippen LogP contribution in [0.25, 0.3) is 0 Å². The van der Waals surface area contributed by atoms with Gasteiger partial charge in [0.25, 0.3) is 0 Å². The van der Waals surface area contributed by atoms with Gasteiger partial charge in [-0.15, -0.1) is 0 Å². The Bertz CT molecular complexity index is 253. The minimum Gasteiger partial charge on any atom is -0.393 e. The zero-order valence-corrected chi connectivity index (χ0v) is 12.6. The summed E-state index contributed by atoms with van der Waals surface area (Å²) in [5.41, 5.74) is 5.76. The molecule has 0 aromatic carbocycles. The van der Waals surface area contributed by atoms with Gasteiger partial charge < -0.3 is 10.6 Å². The fourth-order valence-corrected chi connectivity index (χ4v) is 2.51. The van der Waals surface area contributed by atoms with Crippen molar-refractivity contribution in [2.45, 2.75) is 47.0 Å². The quantitative estimate of drug-likeness (QED) is 0.767. The Labute approximate surface area is 112 Å². The molecule has 1 aliphatic rings. The molecule has 0 atom stereocenters. The summed E-state index contributed by atoms with van der Waals surface area (Å²) >= 11 is 5.11. The number of likely N-dealkylation sites (tertiary alicyclic amines) is 1. The van der Waals surface area contributed by atoms with Gasteiger partial charge in [-0.2, -0.15) is 0 Å². The van der Waals surface area contributed by atoms with Crippen molar-refractivity contribution in [1.29, 1.82) is 0 Å². The highest BCUT2D eigenvalue weighted by Crippen LogP contribution is 2.26. The van der Waals surface area contributed by atoms with Crippen LogP contribution < -0.4 is 5.73 Å². The number of hydrogen-bond acceptors (Lipinski definition) is 2. The van der Waals surface area contributed by atoms with Crippen LogP contribution in [0, 0.1) is 17.3 Å². The van der Waals surface area contributed by atoms with Crippen LogP contribution in [0.1, 0.15) is 47.0 Å². The van der Waals surface area contributed by atoms with Gasteiger partial charge in [0.1, 0.15) is 0 Å². The molecule has 0 aromatic heterocycles. The largest absolute Gasteiger partial charge is 0.393 e. The highest BCUT2D eigenvalue weighted by atomic mass is 32.1. The van der Waals surface area contributed by atoms with Gasteiger partial charge >= 0.3 is 0 Å². The van der Waals surface area contributed by atoms with Gasteiger partial charge in [-0.25, -0.2) is 0 Å². The van der Waals surface area contributed by atoms with Crippen molar-refractivity contribution in [1.82, 2.24) is 4.90 Å². The lowest BCUT2D eigenvalue weighted by Gasteiger charge is -2.35. The molecule has 1 aliphatic heterocycles. The van der Waals surface area contributed by atoms with Crippen molar-refractivity contribution >= 4 is 17.2 Å². The molecule has 1 heterocycles. The van der Waals surface area contributed by atoms with Gasteiger partial charge in [0.2, 0.25) is 0 Å². The molecule has 0 radical (unpaired) electrons. The van der Waals surface area contributed by atoms with Crippen molar-refractivity contribution in [2.24, 2.45) is 23.0 Å². The van der Waals surface area contributed by atoms with Crippen molar-refractivity contribution in [3.8, 4) is 0 Å². The van der Waals surface area contributed by atoms with E-state index in [2.05, 4.69) is 32.6 Å². The minimum absolute atomic E-state index is 0.00420. The predicted octanol–water partition coefficient (Wildman–Crippen LogP) is 3.06. The fraction of sp³-hybridized carbons (Fsp3) is 0.929. The highest BCUT2D eigenvalue weighted by molar-refractivity contribution is 7.80. The maximum atomic E-state index is 5.76. The third-order valence-corrected chi connectivity index (χ3v) is 4.85. The molecule has 0 amide bonds. The summed E-state index contributed by atoms with van der Waals surface area (Å²) in [6.45, 7) is 12.6. The second-order valence-electron chi connectivity index (χ2n) is 6.42. The molecule has 0 aliphatic carbocycles. The van der Waals surface area contributed by atoms with Gasteiger partial charge in [-0.3, -0.25) is 0 Å². The van der Waals surface area contributed by atoms with Gasteiger partial charge in [-0.1, -0.05) is 39.9 Å². The Morgan fingerprint density at radius 2 is 1.88 bits per heavy atom. The lowest BCUT2D eigenvalue weighted by atomic mass is 9.85. The average Bonchev–Trinajstić information content (AvgIpc) is 2.27. The van der Waals surface area contributed by atoms with Crippen LogP contribution >= 0.6 is 12.2 Å². The molecule has 17 heavy (non-hydrogen) atoms. The summed E-state index contributed by atoms with van der Waals surface area (Å²) < 4.78 is 0. The zero-order chi connectivity index (χ0) is 13.1. The standard InChI is InChI=1S/C14H28N2S/c1-11(2)12-5-8-16(9-6-12)10-7-14(3,4)13(15)17/h11-12H,5-10H2,1-4H3,(H2,15,17). The van der Waals surface area contributed by atoms with Crippen LogP contribution in [0.15, 0.2) is 0 Å². The van der Waals surface area contributed by atoms with Crippen LogP contribution in [-0.2, 0) is 0 Å². The number of rotatable bonds is 5. The minimum atomic E-state index is 0.00420. The molecule has 1 rings (SSSR count). The Morgan fingerprint density at radius 3 is 2.29 bits per heavy atom. The van der Waals surface area contributed by atoms with Gasteiger partial charge in [0.15, 0.2) is 0 Å². The van der Waals surface area contributed by atoms with Gasteiger partial charge in [0, 0.05) is 5.41 Å². The lowest BCUT2D eigenvalue weighted by Crippen LogP contribution is -2.39. The van der Waals surface area contributed by atoms with Crippen molar-refractivity contribution in [3.63, 3.8) is 0 Å². The normalized spacial score (nSPS) is 19.8. The van der Waals surface area contributed by atoms with Crippen molar-refractivity contribution in [2.75, 3.05) is 19.6 Å². The van der Waals surface area contributed by atoms with Crippen molar-refractivity contribution in [3.05, 3.63) is 0 Å². The van der Waals surface area contributed by atoms with Crippen LogP contribution in [0.3, 0.4) is 0 Å². The topological polar surface area (TPSA) is 29.3 Å². The predicted molar refractivity (Wildman–Crippen MR) is 79.2 cm³/mol. The first kappa shape index (κ1) is 14.9. The molecule has 0 unspecified atom stereocenters. The number of nitrogens with zero attached hydrogens (tertiary/aromatic N) is 1. The molecule has 0 aromatic rings.